The number of tetrazole rings is 1. The summed E-state index contributed by atoms with van der Waals surface area (Å²) in [5.41, 5.74) is 2.24. The van der Waals surface area contributed by atoms with Crippen molar-refractivity contribution in [1.82, 2.24) is 25.1 Å². The van der Waals surface area contributed by atoms with Gasteiger partial charge in [0.2, 0.25) is 5.82 Å². The average molecular weight is 299 g/mol. The number of hydrogen-bond acceptors (Lipinski definition) is 5. The number of aryl methyl sites for hydroxylation is 1. The largest absolute Gasteiger partial charge is 0.300 e. The third-order valence-electron chi connectivity index (χ3n) is 3.91. The molecule has 0 spiro atoms. The van der Waals surface area contributed by atoms with Crippen LogP contribution in [0.25, 0.3) is 11.4 Å². The van der Waals surface area contributed by atoms with Crippen LogP contribution >= 0.6 is 0 Å². The topological polar surface area (TPSA) is 63.9 Å². The molecule has 0 amide bonds. The summed E-state index contributed by atoms with van der Waals surface area (Å²) in [6, 6.07) is 8.29. The summed E-state index contributed by atoms with van der Waals surface area (Å²) in [7, 11) is 0. The highest BCUT2D eigenvalue weighted by molar-refractivity contribution is 5.79. The van der Waals surface area contributed by atoms with Crippen molar-refractivity contribution in [3.05, 3.63) is 29.8 Å². The van der Waals surface area contributed by atoms with Gasteiger partial charge in [0.1, 0.15) is 5.78 Å². The number of rotatable bonds is 5. The number of likely N-dealkylation sites (tertiary alicyclic amines) is 1. The Morgan fingerprint density at radius 1 is 1.14 bits per heavy atom. The Kier molecular flexibility index (Phi) is 4.58. The number of ketones is 1. The average Bonchev–Trinajstić information content (AvgIpc) is 2.99. The number of carbonyl (C=O) groups excluding carboxylic acids is 1. The standard InChI is InChI=1S/C16H21N5O/c1-2-9-21-18-16(17-19-21)14-5-3-13(4-6-14)12-20-10-7-15(22)8-11-20/h3-6H,2,7-12H2,1H3. The van der Waals surface area contributed by atoms with E-state index in [1.54, 1.807) is 4.80 Å². The van der Waals surface area contributed by atoms with Crippen LogP contribution in [0.1, 0.15) is 31.7 Å². The summed E-state index contributed by atoms with van der Waals surface area (Å²) < 4.78 is 0. The van der Waals surface area contributed by atoms with E-state index in [0.29, 0.717) is 24.4 Å². The molecule has 116 valence electrons. The Morgan fingerprint density at radius 2 is 1.86 bits per heavy atom. The third kappa shape index (κ3) is 3.57. The zero-order valence-electron chi connectivity index (χ0n) is 12.9. The Labute approximate surface area is 130 Å². The molecule has 6 nitrogen and oxygen atoms in total. The molecule has 0 unspecified atom stereocenters. The molecule has 6 heteroatoms. The van der Waals surface area contributed by atoms with Gasteiger partial charge in [-0.25, -0.2) is 0 Å². The van der Waals surface area contributed by atoms with Gasteiger partial charge < -0.3 is 0 Å². The van der Waals surface area contributed by atoms with Gasteiger partial charge in [-0.05, 0) is 17.2 Å². The van der Waals surface area contributed by atoms with Crippen molar-refractivity contribution >= 4 is 5.78 Å². The van der Waals surface area contributed by atoms with E-state index in [2.05, 4.69) is 39.4 Å². The quantitative estimate of drug-likeness (QED) is 0.844. The number of piperidine rings is 1. The number of carbonyl (C=O) groups is 1. The maximum Gasteiger partial charge on any atom is 0.204 e. The predicted octanol–water partition coefficient (Wildman–Crippen LogP) is 1.91. The summed E-state index contributed by atoms with van der Waals surface area (Å²) in [6.07, 6.45) is 2.36. The molecular formula is C16H21N5O. The van der Waals surface area contributed by atoms with E-state index in [0.717, 1.165) is 38.2 Å². The van der Waals surface area contributed by atoms with Gasteiger partial charge in [0, 0.05) is 38.0 Å². The highest BCUT2D eigenvalue weighted by atomic mass is 16.1. The lowest BCUT2D eigenvalue weighted by Gasteiger charge is -2.25. The van der Waals surface area contributed by atoms with Crippen LogP contribution in [0.3, 0.4) is 0 Å². The van der Waals surface area contributed by atoms with Crippen molar-refractivity contribution in [2.75, 3.05) is 13.1 Å². The monoisotopic (exact) mass is 299 g/mol. The number of nitrogens with zero attached hydrogens (tertiary/aromatic N) is 5. The van der Waals surface area contributed by atoms with Crippen molar-refractivity contribution in [2.45, 2.75) is 39.3 Å². The normalized spacial score (nSPS) is 16.1. The van der Waals surface area contributed by atoms with Crippen LogP contribution in [0.2, 0.25) is 0 Å². The zero-order chi connectivity index (χ0) is 15.4. The van der Waals surface area contributed by atoms with Gasteiger partial charge >= 0.3 is 0 Å². The second kappa shape index (κ2) is 6.79. The number of benzene rings is 1. The van der Waals surface area contributed by atoms with Gasteiger partial charge in [-0.2, -0.15) is 4.80 Å². The maximum absolute atomic E-state index is 11.3. The van der Waals surface area contributed by atoms with Crippen LogP contribution in [-0.4, -0.2) is 44.0 Å². The van der Waals surface area contributed by atoms with Gasteiger partial charge in [-0.15, -0.1) is 10.2 Å². The molecule has 1 saturated heterocycles. The van der Waals surface area contributed by atoms with Gasteiger partial charge in [-0.1, -0.05) is 31.2 Å². The first-order valence-corrected chi connectivity index (χ1v) is 7.86. The van der Waals surface area contributed by atoms with Crippen LogP contribution in [0.5, 0.6) is 0 Å². The summed E-state index contributed by atoms with van der Waals surface area (Å²) >= 11 is 0. The summed E-state index contributed by atoms with van der Waals surface area (Å²) in [4.78, 5) is 15.2. The molecule has 0 N–H and O–H groups in total. The van der Waals surface area contributed by atoms with Crippen LogP contribution < -0.4 is 0 Å². The second-order valence-corrected chi connectivity index (χ2v) is 5.72. The van der Waals surface area contributed by atoms with Gasteiger partial charge in [0.15, 0.2) is 0 Å². The highest BCUT2D eigenvalue weighted by Crippen LogP contribution is 2.17. The Bertz CT molecular complexity index is 624. The van der Waals surface area contributed by atoms with Crippen molar-refractivity contribution in [1.29, 1.82) is 0 Å². The number of aromatic nitrogens is 4. The summed E-state index contributed by atoms with van der Waals surface area (Å²) in [5, 5.41) is 12.5. The fourth-order valence-corrected chi connectivity index (χ4v) is 2.63. The van der Waals surface area contributed by atoms with Crippen molar-refractivity contribution < 1.29 is 4.79 Å². The van der Waals surface area contributed by atoms with Gasteiger partial charge in [-0.3, -0.25) is 9.69 Å². The SMILES string of the molecule is CCCn1nnc(-c2ccc(CN3CCC(=O)CC3)cc2)n1. The lowest BCUT2D eigenvalue weighted by molar-refractivity contribution is -0.121. The number of Topliss-reactive ketones (excluding diaryl/α,β-unsaturated/α-hetero) is 1. The lowest BCUT2D eigenvalue weighted by Crippen LogP contribution is -2.33. The summed E-state index contributed by atoms with van der Waals surface area (Å²) in [5.74, 6) is 1.05. The van der Waals surface area contributed by atoms with E-state index < -0.39 is 0 Å². The minimum Gasteiger partial charge on any atom is -0.300 e. The fourth-order valence-electron chi connectivity index (χ4n) is 2.63. The Morgan fingerprint density at radius 3 is 2.55 bits per heavy atom. The summed E-state index contributed by atoms with van der Waals surface area (Å²) in [6.45, 7) is 5.51. The van der Waals surface area contributed by atoms with E-state index in [1.165, 1.54) is 5.56 Å². The molecule has 3 rings (SSSR count). The molecule has 1 aromatic carbocycles. The third-order valence-corrected chi connectivity index (χ3v) is 3.91. The zero-order valence-corrected chi connectivity index (χ0v) is 12.9. The molecule has 0 aliphatic carbocycles. The molecule has 1 fully saturated rings. The van der Waals surface area contributed by atoms with E-state index in [-0.39, 0.29) is 0 Å². The predicted molar refractivity (Wildman–Crippen MR) is 83.1 cm³/mol. The number of hydrogen-bond donors (Lipinski definition) is 0. The van der Waals surface area contributed by atoms with Crippen LogP contribution in [0.15, 0.2) is 24.3 Å². The maximum atomic E-state index is 11.3. The van der Waals surface area contributed by atoms with E-state index in [9.17, 15) is 4.79 Å². The van der Waals surface area contributed by atoms with Crippen molar-refractivity contribution in [2.24, 2.45) is 0 Å². The Hall–Kier alpha value is -2.08. The first-order valence-electron chi connectivity index (χ1n) is 7.86. The molecule has 2 aromatic rings. The lowest BCUT2D eigenvalue weighted by atomic mass is 10.1. The van der Waals surface area contributed by atoms with Crippen LogP contribution in [0.4, 0.5) is 0 Å². The first kappa shape index (κ1) is 14.8. The van der Waals surface area contributed by atoms with E-state index >= 15 is 0 Å². The smallest absolute Gasteiger partial charge is 0.204 e. The van der Waals surface area contributed by atoms with E-state index in [1.807, 2.05) is 12.1 Å². The van der Waals surface area contributed by atoms with Crippen LogP contribution in [0, 0.1) is 0 Å². The molecule has 0 radical (unpaired) electrons. The second-order valence-electron chi connectivity index (χ2n) is 5.72. The van der Waals surface area contributed by atoms with Crippen molar-refractivity contribution in [3.63, 3.8) is 0 Å². The van der Waals surface area contributed by atoms with Gasteiger partial charge in [0.05, 0.1) is 6.54 Å². The molecule has 0 bridgehead atoms. The molecular weight excluding hydrogens is 278 g/mol. The first-order chi connectivity index (χ1) is 10.7. The fraction of sp³-hybridized carbons (Fsp3) is 0.500. The molecule has 1 aromatic heterocycles. The minimum atomic E-state index is 0.382. The van der Waals surface area contributed by atoms with Crippen LogP contribution in [-0.2, 0) is 17.9 Å². The molecule has 1 aliphatic rings. The van der Waals surface area contributed by atoms with Gasteiger partial charge in [0.25, 0.3) is 0 Å². The molecule has 22 heavy (non-hydrogen) atoms. The molecule has 0 atom stereocenters. The minimum absolute atomic E-state index is 0.382. The molecule has 2 heterocycles. The Balaban J connectivity index is 1.63. The highest BCUT2D eigenvalue weighted by Gasteiger charge is 2.16. The molecule has 1 aliphatic heterocycles. The van der Waals surface area contributed by atoms with E-state index in [4.69, 9.17) is 0 Å². The molecule has 0 saturated carbocycles. The van der Waals surface area contributed by atoms with Crippen molar-refractivity contribution in [3.8, 4) is 11.4 Å².